The number of nitrogens with two attached hydrogens (primary N) is 1. The number of nitrogens with one attached hydrogen (secondary N) is 1. The van der Waals surface area contributed by atoms with Crippen LogP contribution in [0.4, 0.5) is 0 Å². The van der Waals surface area contributed by atoms with Crippen molar-refractivity contribution in [2.75, 3.05) is 26.3 Å². The highest BCUT2D eigenvalue weighted by Gasteiger charge is 2.14. The topological polar surface area (TPSA) is 60.4 Å². The molecule has 0 bridgehead atoms. The Morgan fingerprint density at radius 3 is 3.00 bits per heavy atom. The highest BCUT2D eigenvalue weighted by Crippen LogP contribution is 2.25. The van der Waals surface area contributed by atoms with Crippen LogP contribution in [0.2, 0.25) is 0 Å². The number of fused-ring (bicyclic) bond motifs is 1. The lowest BCUT2D eigenvalue weighted by atomic mass is 10.1. The maximum absolute atomic E-state index is 5.86. The lowest BCUT2D eigenvalue weighted by Gasteiger charge is -2.16. The van der Waals surface area contributed by atoms with E-state index in [1.54, 1.807) is 6.26 Å². The second kappa shape index (κ2) is 7.24. The average molecular weight is 274 g/mol. The number of benzene rings is 1. The van der Waals surface area contributed by atoms with Crippen molar-refractivity contribution in [2.24, 2.45) is 5.73 Å². The van der Waals surface area contributed by atoms with Gasteiger partial charge in [0.15, 0.2) is 0 Å². The van der Waals surface area contributed by atoms with Gasteiger partial charge in [0.2, 0.25) is 0 Å². The Morgan fingerprint density at radius 1 is 1.45 bits per heavy atom. The van der Waals surface area contributed by atoms with Crippen LogP contribution in [0.5, 0.6) is 0 Å². The average Bonchev–Trinajstić information content (AvgIpc) is 2.86. The molecule has 1 atom stereocenters. The molecule has 4 nitrogen and oxygen atoms in total. The van der Waals surface area contributed by atoms with Gasteiger partial charge in [0.25, 0.3) is 0 Å². The van der Waals surface area contributed by atoms with Gasteiger partial charge in [0.1, 0.15) is 5.58 Å². The molecule has 2 aromatic rings. The second-order valence-electron chi connectivity index (χ2n) is 4.94. The highest BCUT2D eigenvalue weighted by atomic mass is 16.5. The Labute approximate surface area is 119 Å². The summed E-state index contributed by atoms with van der Waals surface area (Å²) in [5, 5.41) is 4.51. The quantitative estimate of drug-likeness (QED) is 0.574. The van der Waals surface area contributed by atoms with Gasteiger partial charge in [-0.2, -0.15) is 0 Å². The van der Waals surface area contributed by atoms with E-state index in [1.165, 1.54) is 0 Å². The zero-order chi connectivity index (χ0) is 14.4. The third-order valence-electron chi connectivity index (χ3n) is 3.11. The first-order valence-electron chi connectivity index (χ1n) is 6.84. The first-order valence-corrected chi connectivity index (χ1v) is 6.84. The van der Waals surface area contributed by atoms with E-state index in [0.717, 1.165) is 28.7 Å². The van der Waals surface area contributed by atoms with Gasteiger partial charge in [-0.05, 0) is 13.0 Å². The fraction of sp³-hybridized carbons (Fsp3) is 0.375. The summed E-state index contributed by atoms with van der Waals surface area (Å²) in [5.74, 6) is 0. The largest absolute Gasteiger partial charge is 0.464 e. The van der Waals surface area contributed by atoms with Crippen molar-refractivity contribution < 1.29 is 9.15 Å². The van der Waals surface area contributed by atoms with E-state index in [-0.39, 0.29) is 6.04 Å². The van der Waals surface area contributed by atoms with E-state index in [2.05, 4.69) is 18.0 Å². The van der Waals surface area contributed by atoms with Crippen LogP contribution in [0.1, 0.15) is 18.5 Å². The lowest BCUT2D eigenvalue weighted by molar-refractivity contribution is 0.155. The Kier molecular flexibility index (Phi) is 5.35. The van der Waals surface area contributed by atoms with Gasteiger partial charge in [0, 0.05) is 30.1 Å². The van der Waals surface area contributed by atoms with Crippen LogP contribution in [-0.2, 0) is 4.74 Å². The number of furan rings is 1. The monoisotopic (exact) mass is 274 g/mol. The lowest BCUT2D eigenvalue weighted by Crippen LogP contribution is -2.30. The minimum Gasteiger partial charge on any atom is -0.464 e. The molecule has 1 aromatic heterocycles. The Morgan fingerprint density at radius 2 is 2.25 bits per heavy atom. The summed E-state index contributed by atoms with van der Waals surface area (Å²) >= 11 is 0. The molecule has 0 amide bonds. The van der Waals surface area contributed by atoms with E-state index in [4.69, 9.17) is 14.9 Å². The van der Waals surface area contributed by atoms with Crippen LogP contribution in [-0.4, -0.2) is 26.3 Å². The van der Waals surface area contributed by atoms with Gasteiger partial charge in [-0.15, -0.1) is 0 Å². The van der Waals surface area contributed by atoms with Crippen molar-refractivity contribution in [2.45, 2.75) is 13.0 Å². The molecule has 3 N–H and O–H groups in total. The molecule has 0 fully saturated rings. The van der Waals surface area contributed by atoms with Crippen molar-refractivity contribution in [1.82, 2.24) is 5.32 Å². The number of hydrogen-bond acceptors (Lipinski definition) is 4. The van der Waals surface area contributed by atoms with Crippen molar-refractivity contribution in [3.05, 3.63) is 48.2 Å². The van der Waals surface area contributed by atoms with E-state index >= 15 is 0 Å². The molecule has 0 saturated heterocycles. The van der Waals surface area contributed by atoms with Crippen LogP contribution < -0.4 is 11.1 Å². The third-order valence-corrected chi connectivity index (χ3v) is 3.11. The summed E-state index contributed by atoms with van der Waals surface area (Å²) < 4.78 is 11.0. The number of rotatable bonds is 8. The van der Waals surface area contributed by atoms with E-state index in [1.807, 2.05) is 25.1 Å². The molecule has 1 aromatic carbocycles. The van der Waals surface area contributed by atoms with Crippen LogP contribution in [0.15, 0.2) is 47.1 Å². The fourth-order valence-corrected chi connectivity index (χ4v) is 2.14. The van der Waals surface area contributed by atoms with Crippen molar-refractivity contribution in [1.29, 1.82) is 0 Å². The van der Waals surface area contributed by atoms with Crippen molar-refractivity contribution in [3.63, 3.8) is 0 Å². The summed E-state index contributed by atoms with van der Waals surface area (Å²) in [6.07, 6.45) is 1.78. The molecule has 0 aliphatic heterocycles. The molecule has 2 rings (SSSR count). The van der Waals surface area contributed by atoms with Gasteiger partial charge >= 0.3 is 0 Å². The summed E-state index contributed by atoms with van der Waals surface area (Å²) in [6.45, 7) is 8.25. The molecule has 0 aliphatic carbocycles. The number of ether oxygens (including phenoxy) is 1. The summed E-state index contributed by atoms with van der Waals surface area (Å²) in [4.78, 5) is 0. The van der Waals surface area contributed by atoms with Gasteiger partial charge in [0.05, 0.1) is 19.5 Å². The molecule has 0 radical (unpaired) electrons. The zero-order valence-electron chi connectivity index (χ0n) is 11.9. The van der Waals surface area contributed by atoms with Crippen LogP contribution in [0.3, 0.4) is 0 Å². The molecule has 0 spiro atoms. The summed E-state index contributed by atoms with van der Waals surface area (Å²) in [7, 11) is 0. The predicted octanol–water partition coefficient (Wildman–Crippen LogP) is 2.61. The molecular weight excluding hydrogens is 252 g/mol. The van der Waals surface area contributed by atoms with Gasteiger partial charge in [-0.1, -0.05) is 30.4 Å². The predicted molar refractivity (Wildman–Crippen MR) is 81.6 cm³/mol. The van der Waals surface area contributed by atoms with Crippen LogP contribution in [0.25, 0.3) is 11.0 Å². The minimum absolute atomic E-state index is 0.0760. The molecule has 0 saturated carbocycles. The molecule has 20 heavy (non-hydrogen) atoms. The summed E-state index contributed by atoms with van der Waals surface area (Å²) in [5.41, 5.74) is 8.88. The van der Waals surface area contributed by atoms with E-state index in [9.17, 15) is 0 Å². The smallest absolute Gasteiger partial charge is 0.134 e. The molecule has 1 heterocycles. The number of para-hydroxylation sites is 1. The second-order valence-corrected chi connectivity index (χ2v) is 4.94. The first kappa shape index (κ1) is 14.8. The molecule has 0 aliphatic rings. The van der Waals surface area contributed by atoms with E-state index < -0.39 is 0 Å². The van der Waals surface area contributed by atoms with Crippen LogP contribution >= 0.6 is 0 Å². The number of hydrogen-bond donors (Lipinski definition) is 2. The summed E-state index contributed by atoms with van der Waals surface area (Å²) in [6, 6.07) is 8.06. The Balaban J connectivity index is 1.93. The van der Waals surface area contributed by atoms with Crippen LogP contribution in [0, 0.1) is 0 Å². The van der Waals surface area contributed by atoms with Crippen molar-refractivity contribution in [3.8, 4) is 0 Å². The molecule has 108 valence electrons. The Bertz CT molecular complexity index is 562. The Hall–Kier alpha value is -1.62. The fourth-order valence-electron chi connectivity index (χ4n) is 2.14. The minimum atomic E-state index is 0.0760. The normalized spacial score (nSPS) is 12.7. The first-order chi connectivity index (χ1) is 9.72. The molecule has 4 heteroatoms. The van der Waals surface area contributed by atoms with Gasteiger partial charge < -0.3 is 20.2 Å². The van der Waals surface area contributed by atoms with Crippen molar-refractivity contribution >= 4 is 11.0 Å². The van der Waals surface area contributed by atoms with E-state index in [0.29, 0.717) is 19.8 Å². The SMILES string of the molecule is C=C(C)COCCNC(CN)c1coc2ccccc12. The highest BCUT2D eigenvalue weighted by molar-refractivity contribution is 5.81. The third kappa shape index (κ3) is 3.70. The molecular formula is C16H22N2O2. The maximum atomic E-state index is 5.86. The van der Waals surface area contributed by atoms with Gasteiger partial charge in [-0.25, -0.2) is 0 Å². The van der Waals surface area contributed by atoms with Gasteiger partial charge in [-0.3, -0.25) is 0 Å². The zero-order valence-corrected chi connectivity index (χ0v) is 11.9. The standard InChI is InChI=1S/C16H22N2O2/c1-12(2)10-19-8-7-18-15(9-17)14-11-20-16-6-4-3-5-13(14)16/h3-6,11,15,18H,1,7-10,17H2,2H3. The maximum Gasteiger partial charge on any atom is 0.134 e. The molecule has 1 unspecified atom stereocenters.